The van der Waals surface area contributed by atoms with E-state index in [1.807, 2.05) is 48.7 Å². The number of methoxy groups -OCH3 is 1. The van der Waals surface area contributed by atoms with E-state index in [1.165, 1.54) is 23.9 Å². The quantitative estimate of drug-likeness (QED) is 0.205. The first-order valence-corrected chi connectivity index (χ1v) is 11.4. The van der Waals surface area contributed by atoms with Gasteiger partial charge in [0.1, 0.15) is 5.75 Å². The molecular formula is C25H23N3O4S. The number of non-ortho nitro benzene ring substituents is 1. The average Bonchev–Trinajstić information content (AvgIpc) is 3.27. The maximum Gasteiger partial charge on any atom is 0.269 e. The van der Waals surface area contributed by atoms with E-state index >= 15 is 0 Å². The summed E-state index contributed by atoms with van der Waals surface area (Å²) in [6, 6.07) is 22.2. The van der Waals surface area contributed by atoms with Gasteiger partial charge in [0, 0.05) is 46.6 Å². The Morgan fingerprint density at radius 1 is 1.09 bits per heavy atom. The van der Waals surface area contributed by atoms with E-state index in [0.717, 1.165) is 32.7 Å². The van der Waals surface area contributed by atoms with Crippen molar-refractivity contribution in [3.63, 3.8) is 0 Å². The van der Waals surface area contributed by atoms with Crippen LogP contribution in [0.5, 0.6) is 5.75 Å². The van der Waals surface area contributed by atoms with Gasteiger partial charge in [-0.2, -0.15) is 0 Å². The lowest BCUT2D eigenvalue weighted by Crippen LogP contribution is -2.30. The summed E-state index contributed by atoms with van der Waals surface area (Å²) < 4.78 is 5.29. The highest BCUT2D eigenvalue weighted by Crippen LogP contribution is 2.31. The summed E-state index contributed by atoms with van der Waals surface area (Å²) in [7, 11) is 1.63. The van der Waals surface area contributed by atoms with Gasteiger partial charge in [-0.3, -0.25) is 14.9 Å². The molecule has 2 N–H and O–H groups in total. The Morgan fingerprint density at radius 3 is 2.52 bits per heavy atom. The van der Waals surface area contributed by atoms with Gasteiger partial charge in [0.15, 0.2) is 0 Å². The Morgan fingerprint density at radius 2 is 1.82 bits per heavy atom. The number of hydrogen-bond acceptors (Lipinski definition) is 5. The molecule has 0 spiro atoms. The molecule has 1 heterocycles. The second-order valence-electron chi connectivity index (χ2n) is 7.46. The first-order chi connectivity index (χ1) is 16.0. The van der Waals surface area contributed by atoms with Gasteiger partial charge in [-0.05, 0) is 41.5 Å². The van der Waals surface area contributed by atoms with Gasteiger partial charge in [0.25, 0.3) is 5.69 Å². The molecule has 33 heavy (non-hydrogen) atoms. The first kappa shape index (κ1) is 22.4. The molecule has 0 aliphatic carbocycles. The number of carbonyl (C=O) groups is 1. The number of hydrogen-bond donors (Lipinski definition) is 2. The second-order valence-corrected chi connectivity index (χ2v) is 8.51. The molecule has 0 radical (unpaired) electrons. The number of fused-ring (bicyclic) bond motifs is 1. The maximum absolute atomic E-state index is 12.6. The molecular weight excluding hydrogens is 438 g/mol. The van der Waals surface area contributed by atoms with E-state index in [2.05, 4.69) is 16.4 Å². The molecule has 0 saturated heterocycles. The highest BCUT2D eigenvalue weighted by atomic mass is 32.2. The van der Waals surface area contributed by atoms with Crippen LogP contribution in [0.15, 0.2) is 83.9 Å². The van der Waals surface area contributed by atoms with Gasteiger partial charge < -0.3 is 15.0 Å². The summed E-state index contributed by atoms with van der Waals surface area (Å²) in [5.74, 6) is 0.859. The molecule has 1 atom stereocenters. The zero-order valence-electron chi connectivity index (χ0n) is 18.0. The molecule has 0 bridgehead atoms. The van der Waals surface area contributed by atoms with Crippen LogP contribution in [0.25, 0.3) is 10.9 Å². The van der Waals surface area contributed by atoms with Crippen LogP contribution < -0.4 is 10.1 Å². The molecule has 4 rings (SSSR count). The average molecular weight is 462 g/mol. The summed E-state index contributed by atoms with van der Waals surface area (Å²) >= 11 is 1.34. The number of nitrogens with one attached hydrogen (secondary N) is 2. The fourth-order valence-corrected chi connectivity index (χ4v) is 4.43. The van der Waals surface area contributed by atoms with Crippen molar-refractivity contribution in [3.05, 3.63) is 100 Å². The number of aromatic nitrogens is 1. The third-order valence-electron chi connectivity index (χ3n) is 5.44. The van der Waals surface area contributed by atoms with E-state index in [1.54, 1.807) is 19.2 Å². The maximum atomic E-state index is 12.6. The topological polar surface area (TPSA) is 97.3 Å². The lowest BCUT2D eigenvalue weighted by atomic mass is 9.91. The molecule has 0 saturated carbocycles. The minimum absolute atomic E-state index is 0.0323. The summed E-state index contributed by atoms with van der Waals surface area (Å²) in [5, 5.41) is 15.0. The minimum Gasteiger partial charge on any atom is -0.497 e. The molecule has 7 nitrogen and oxygen atoms in total. The predicted octanol–water partition coefficient (Wildman–Crippen LogP) is 5.13. The molecule has 1 aromatic heterocycles. The van der Waals surface area contributed by atoms with Crippen molar-refractivity contribution >= 4 is 34.3 Å². The van der Waals surface area contributed by atoms with Crippen LogP contribution in [0.4, 0.5) is 5.69 Å². The number of H-pyrrole nitrogens is 1. The standard InChI is InChI=1S/C25H23N3O4S/c1-32-19-10-6-17(7-11-19)22(23-15-26-24-5-3-2-4-21(23)24)14-27-25(29)16-33-20-12-8-18(9-13-20)28(30)31/h2-13,15,22,26H,14,16H2,1H3,(H,27,29). The van der Waals surface area contributed by atoms with Crippen molar-refractivity contribution < 1.29 is 14.5 Å². The molecule has 168 valence electrons. The molecule has 3 aromatic carbocycles. The van der Waals surface area contributed by atoms with E-state index < -0.39 is 4.92 Å². The number of benzene rings is 3. The summed E-state index contributed by atoms with van der Waals surface area (Å²) in [6.45, 7) is 0.438. The van der Waals surface area contributed by atoms with Gasteiger partial charge in [0.2, 0.25) is 5.91 Å². The third-order valence-corrected chi connectivity index (χ3v) is 6.45. The van der Waals surface area contributed by atoms with Crippen molar-refractivity contribution in [1.29, 1.82) is 0 Å². The number of nitrogens with zero attached hydrogens (tertiary/aromatic N) is 1. The van der Waals surface area contributed by atoms with Crippen molar-refractivity contribution in [2.75, 3.05) is 19.4 Å². The molecule has 1 unspecified atom stereocenters. The van der Waals surface area contributed by atoms with E-state index in [0.29, 0.717) is 6.54 Å². The Balaban J connectivity index is 1.47. The van der Waals surface area contributed by atoms with Crippen molar-refractivity contribution in [1.82, 2.24) is 10.3 Å². The lowest BCUT2D eigenvalue weighted by Gasteiger charge is -2.18. The van der Waals surface area contributed by atoms with E-state index in [4.69, 9.17) is 4.74 Å². The first-order valence-electron chi connectivity index (χ1n) is 10.4. The van der Waals surface area contributed by atoms with Crippen molar-refractivity contribution in [2.45, 2.75) is 10.8 Å². The number of ether oxygens (including phenoxy) is 1. The van der Waals surface area contributed by atoms with Crippen molar-refractivity contribution in [2.24, 2.45) is 0 Å². The lowest BCUT2D eigenvalue weighted by molar-refractivity contribution is -0.384. The van der Waals surface area contributed by atoms with Gasteiger partial charge in [-0.1, -0.05) is 30.3 Å². The van der Waals surface area contributed by atoms with E-state index in [-0.39, 0.29) is 23.3 Å². The summed E-state index contributed by atoms with van der Waals surface area (Å²) in [5.41, 5.74) is 3.26. The number of para-hydroxylation sites is 1. The number of aromatic amines is 1. The largest absolute Gasteiger partial charge is 0.497 e. The van der Waals surface area contributed by atoms with Crippen LogP contribution in [0.3, 0.4) is 0 Å². The van der Waals surface area contributed by atoms with Crippen LogP contribution >= 0.6 is 11.8 Å². The van der Waals surface area contributed by atoms with Gasteiger partial charge >= 0.3 is 0 Å². The Labute approximate surface area is 195 Å². The molecule has 1 amide bonds. The normalized spacial score (nSPS) is 11.8. The van der Waals surface area contributed by atoms with Gasteiger partial charge in [-0.25, -0.2) is 0 Å². The van der Waals surface area contributed by atoms with Crippen LogP contribution in [0.2, 0.25) is 0 Å². The smallest absolute Gasteiger partial charge is 0.269 e. The van der Waals surface area contributed by atoms with Crippen LogP contribution in [-0.2, 0) is 4.79 Å². The number of thioether (sulfide) groups is 1. The van der Waals surface area contributed by atoms with Gasteiger partial charge in [-0.15, -0.1) is 11.8 Å². The highest BCUT2D eigenvalue weighted by Gasteiger charge is 2.19. The third kappa shape index (κ3) is 5.35. The fourth-order valence-electron chi connectivity index (χ4n) is 3.71. The fraction of sp³-hybridized carbons (Fsp3) is 0.160. The SMILES string of the molecule is COc1ccc(C(CNC(=O)CSc2ccc([N+](=O)[O-])cc2)c2c[nH]c3ccccc23)cc1. The Kier molecular flexibility index (Phi) is 6.95. The van der Waals surface area contributed by atoms with E-state index in [9.17, 15) is 14.9 Å². The van der Waals surface area contributed by atoms with Crippen LogP contribution in [-0.4, -0.2) is 35.2 Å². The minimum atomic E-state index is -0.439. The number of nitro benzene ring substituents is 1. The molecule has 0 aliphatic rings. The van der Waals surface area contributed by atoms with Crippen LogP contribution in [0.1, 0.15) is 17.0 Å². The van der Waals surface area contributed by atoms with Crippen molar-refractivity contribution in [3.8, 4) is 5.75 Å². The zero-order chi connectivity index (χ0) is 23.2. The molecule has 8 heteroatoms. The zero-order valence-corrected chi connectivity index (χ0v) is 18.8. The number of amides is 1. The predicted molar refractivity (Wildman–Crippen MR) is 130 cm³/mol. The number of nitro groups is 1. The summed E-state index contributed by atoms with van der Waals surface area (Å²) in [4.78, 5) is 27.1. The number of carbonyl (C=O) groups excluding carboxylic acids is 1. The van der Waals surface area contributed by atoms with Gasteiger partial charge in [0.05, 0.1) is 17.8 Å². The monoisotopic (exact) mass is 461 g/mol. The molecule has 0 aliphatic heterocycles. The number of rotatable bonds is 9. The summed E-state index contributed by atoms with van der Waals surface area (Å²) in [6.07, 6.45) is 2.00. The second kappa shape index (κ2) is 10.2. The Hall–Kier alpha value is -3.78. The van der Waals surface area contributed by atoms with Crippen LogP contribution in [0, 0.1) is 10.1 Å². The molecule has 4 aromatic rings. The Bertz CT molecular complexity index is 1250. The molecule has 0 fully saturated rings. The highest BCUT2D eigenvalue weighted by molar-refractivity contribution is 8.00.